The molecule has 88 valence electrons. The van der Waals surface area contributed by atoms with Crippen molar-refractivity contribution in [1.82, 2.24) is 5.06 Å². The van der Waals surface area contributed by atoms with Gasteiger partial charge in [0.2, 0.25) is 0 Å². The number of fused-ring (bicyclic) bond motifs is 1. The number of hydroxylamine groups is 2. The van der Waals surface area contributed by atoms with Crippen LogP contribution < -0.4 is 0 Å². The third-order valence-corrected chi connectivity index (χ3v) is 3.76. The molecule has 3 nitrogen and oxygen atoms in total. The summed E-state index contributed by atoms with van der Waals surface area (Å²) in [6.07, 6.45) is 0.866. The summed E-state index contributed by atoms with van der Waals surface area (Å²) >= 11 is 1.30. The van der Waals surface area contributed by atoms with Crippen LogP contribution in [-0.2, 0) is 4.84 Å². The van der Waals surface area contributed by atoms with E-state index in [9.17, 15) is 9.18 Å². The number of benzene rings is 1. The first-order chi connectivity index (χ1) is 8.24. The van der Waals surface area contributed by atoms with Crippen molar-refractivity contribution in [3.63, 3.8) is 0 Å². The lowest BCUT2D eigenvalue weighted by Gasteiger charge is -2.11. The third kappa shape index (κ3) is 1.92. The van der Waals surface area contributed by atoms with Gasteiger partial charge >= 0.3 is 0 Å². The van der Waals surface area contributed by atoms with Gasteiger partial charge in [-0.3, -0.25) is 9.63 Å². The maximum Gasteiger partial charge on any atom is 0.287 e. The number of hydrogen-bond donors (Lipinski definition) is 0. The molecule has 0 N–H and O–H groups in total. The molecule has 5 heteroatoms. The molecule has 0 bridgehead atoms. The Labute approximate surface area is 101 Å². The van der Waals surface area contributed by atoms with Crippen LogP contribution in [0.5, 0.6) is 0 Å². The highest BCUT2D eigenvalue weighted by Gasteiger charge is 2.22. The van der Waals surface area contributed by atoms with Gasteiger partial charge in [0.25, 0.3) is 5.91 Å². The molecule has 0 unspecified atom stereocenters. The molecule has 17 heavy (non-hydrogen) atoms. The monoisotopic (exact) mass is 251 g/mol. The summed E-state index contributed by atoms with van der Waals surface area (Å²) in [5.41, 5.74) is 0. The highest BCUT2D eigenvalue weighted by atomic mass is 32.1. The number of nitrogens with zero attached hydrogens (tertiary/aromatic N) is 1. The van der Waals surface area contributed by atoms with Crippen molar-refractivity contribution in [2.45, 2.75) is 6.42 Å². The number of hydrogen-bond acceptors (Lipinski definition) is 3. The van der Waals surface area contributed by atoms with Crippen LogP contribution in [0.3, 0.4) is 0 Å². The third-order valence-electron chi connectivity index (χ3n) is 2.67. The standard InChI is InChI=1S/C12H10FNO2S/c13-9-3-2-8-6-11(17-10(8)7-9)12(15)14-4-1-5-16-14/h2-3,6-7H,1,4-5H2. The van der Waals surface area contributed by atoms with Gasteiger partial charge in [-0.05, 0) is 30.0 Å². The normalized spacial score (nSPS) is 15.7. The lowest BCUT2D eigenvalue weighted by molar-refractivity contribution is -0.0765. The molecular formula is C12H10FNO2S. The second-order valence-corrected chi connectivity index (χ2v) is 4.97. The lowest BCUT2D eigenvalue weighted by atomic mass is 10.2. The van der Waals surface area contributed by atoms with Crippen molar-refractivity contribution in [2.75, 3.05) is 13.2 Å². The molecule has 0 atom stereocenters. The van der Waals surface area contributed by atoms with Crippen LogP contribution >= 0.6 is 11.3 Å². The van der Waals surface area contributed by atoms with E-state index in [1.165, 1.54) is 28.5 Å². The zero-order valence-corrected chi connectivity index (χ0v) is 9.80. The molecule has 1 fully saturated rings. The maximum atomic E-state index is 13.0. The van der Waals surface area contributed by atoms with Gasteiger partial charge in [0.15, 0.2) is 0 Å². The number of carbonyl (C=O) groups excluding carboxylic acids is 1. The van der Waals surface area contributed by atoms with Crippen molar-refractivity contribution in [3.8, 4) is 0 Å². The molecule has 1 aliphatic heterocycles. The van der Waals surface area contributed by atoms with Gasteiger partial charge in [-0.15, -0.1) is 11.3 Å². The highest BCUT2D eigenvalue weighted by Crippen LogP contribution is 2.27. The Balaban J connectivity index is 1.97. The summed E-state index contributed by atoms with van der Waals surface area (Å²) < 4.78 is 13.8. The first-order valence-electron chi connectivity index (χ1n) is 5.38. The fourth-order valence-electron chi connectivity index (χ4n) is 1.84. The number of rotatable bonds is 1. The van der Waals surface area contributed by atoms with Gasteiger partial charge in [0.05, 0.1) is 18.0 Å². The summed E-state index contributed by atoms with van der Waals surface area (Å²) in [5.74, 6) is -0.417. The minimum Gasteiger partial charge on any atom is -0.271 e. The molecule has 3 rings (SSSR count). The second kappa shape index (κ2) is 4.09. The Morgan fingerprint density at radius 3 is 3.06 bits per heavy atom. The fourth-order valence-corrected chi connectivity index (χ4v) is 2.87. The zero-order valence-electron chi connectivity index (χ0n) is 8.98. The average Bonchev–Trinajstić information content (AvgIpc) is 2.96. The highest BCUT2D eigenvalue weighted by molar-refractivity contribution is 7.20. The number of thiophene rings is 1. The SMILES string of the molecule is O=C(c1cc2ccc(F)cc2s1)N1CCCO1. The van der Waals surface area contributed by atoms with E-state index >= 15 is 0 Å². The largest absolute Gasteiger partial charge is 0.287 e. The van der Waals surface area contributed by atoms with Crippen LogP contribution in [-0.4, -0.2) is 24.1 Å². The first-order valence-corrected chi connectivity index (χ1v) is 6.19. The van der Waals surface area contributed by atoms with Gasteiger partial charge in [0.1, 0.15) is 5.82 Å². The van der Waals surface area contributed by atoms with Gasteiger partial charge in [-0.1, -0.05) is 6.07 Å². The van der Waals surface area contributed by atoms with Gasteiger partial charge in [-0.25, -0.2) is 9.45 Å². The van der Waals surface area contributed by atoms with Crippen molar-refractivity contribution >= 4 is 27.3 Å². The molecule has 0 radical (unpaired) electrons. The minimum absolute atomic E-state index is 0.135. The molecule has 1 aliphatic rings. The van der Waals surface area contributed by atoms with Crippen molar-refractivity contribution in [1.29, 1.82) is 0 Å². The maximum absolute atomic E-state index is 13.0. The number of halogens is 1. The first kappa shape index (κ1) is 10.7. The Hall–Kier alpha value is -1.46. The molecule has 1 aromatic carbocycles. The number of amides is 1. The zero-order chi connectivity index (χ0) is 11.8. The van der Waals surface area contributed by atoms with Crippen molar-refractivity contribution < 1.29 is 14.0 Å². The molecule has 1 amide bonds. The summed E-state index contributed by atoms with van der Waals surface area (Å²) in [4.78, 5) is 17.8. The summed E-state index contributed by atoms with van der Waals surface area (Å²) in [7, 11) is 0. The van der Waals surface area contributed by atoms with Gasteiger partial charge < -0.3 is 0 Å². The number of carbonyl (C=O) groups is 1. The van der Waals surface area contributed by atoms with Crippen LogP contribution in [0.4, 0.5) is 4.39 Å². The van der Waals surface area contributed by atoms with E-state index in [0.29, 0.717) is 18.0 Å². The Bertz CT molecular complexity index is 575. The predicted molar refractivity (Wildman–Crippen MR) is 63.4 cm³/mol. The van der Waals surface area contributed by atoms with E-state index in [0.717, 1.165) is 16.5 Å². The molecule has 1 aromatic heterocycles. The molecule has 2 aromatic rings. The molecule has 0 saturated carbocycles. The van der Waals surface area contributed by atoms with Crippen LogP contribution in [0.25, 0.3) is 10.1 Å². The molecule has 0 aliphatic carbocycles. The molecular weight excluding hydrogens is 241 g/mol. The molecule has 0 spiro atoms. The fraction of sp³-hybridized carbons (Fsp3) is 0.250. The minimum atomic E-state index is -0.282. The van der Waals surface area contributed by atoms with Crippen molar-refractivity contribution in [3.05, 3.63) is 35.0 Å². The van der Waals surface area contributed by atoms with E-state index in [-0.39, 0.29) is 11.7 Å². The van der Waals surface area contributed by atoms with E-state index in [1.807, 2.05) is 0 Å². The topological polar surface area (TPSA) is 29.5 Å². The average molecular weight is 251 g/mol. The predicted octanol–water partition coefficient (Wildman–Crippen LogP) is 2.82. The van der Waals surface area contributed by atoms with Crippen molar-refractivity contribution in [2.24, 2.45) is 0 Å². The molecule has 2 heterocycles. The van der Waals surface area contributed by atoms with Crippen LogP contribution in [0.15, 0.2) is 24.3 Å². The molecule has 1 saturated heterocycles. The summed E-state index contributed by atoms with van der Waals surface area (Å²) in [6, 6.07) is 6.31. The second-order valence-electron chi connectivity index (χ2n) is 3.89. The van der Waals surface area contributed by atoms with Gasteiger partial charge in [0, 0.05) is 4.70 Å². The smallest absolute Gasteiger partial charge is 0.271 e. The lowest BCUT2D eigenvalue weighted by Crippen LogP contribution is -2.25. The van der Waals surface area contributed by atoms with Crippen LogP contribution in [0.2, 0.25) is 0 Å². The van der Waals surface area contributed by atoms with Crippen LogP contribution in [0, 0.1) is 5.82 Å². The van der Waals surface area contributed by atoms with E-state index in [4.69, 9.17) is 4.84 Å². The summed E-state index contributed by atoms with van der Waals surface area (Å²) in [6.45, 7) is 1.21. The Morgan fingerprint density at radius 2 is 2.29 bits per heavy atom. The van der Waals surface area contributed by atoms with E-state index in [1.54, 1.807) is 12.1 Å². The Kier molecular flexibility index (Phi) is 2.57. The Morgan fingerprint density at radius 1 is 1.41 bits per heavy atom. The van der Waals surface area contributed by atoms with E-state index < -0.39 is 0 Å². The van der Waals surface area contributed by atoms with Gasteiger partial charge in [-0.2, -0.15) is 0 Å². The van der Waals surface area contributed by atoms with Crippen LogP contribution in [0.1, 0.15) is 16.1 Å². The van der Waals surface area contributed by atoms with E-state index in [2.05, 4.69) is 0 Å². The quantitative estimate of drug-likeness (QED) is 0.780. The summed E-state index contributed by atoms with van der Waals surface area (Å²) in [5, 5.41) is 2.26.